The zero-order valence-corrected chi connectivity index (χ0v) is 12.4. The number of benzene rings is 1. The van der Waals surface area contributed by atoms with Crippen LogP contribution in [0.5, 0.6) is 0 Å². The molecule has 17 heavy (non-hydrogen) atoms. The van der Waals surface area contributed by atoms with Crippen LogP contribution in [0.15, 0.2) is 12.1 Å². The normalized spacial score (nSPS) is 16.7. The average molecular weight is 386 g/mol. The molecule has 1 aliphatic rings. The molecule has 2 N–H and O–H groups in total. The summed E-state index contributed by atoms with van der Waals surface area (Å²) in [5, 5.41) is 12.9. The molecule has 2 rings (SSSR count). The lowest BCUT2D eigenvalue weighted by atomic mass is 10.2. The molecule has 0 bridgehead atoms. The molecule has 92 valence electrons. The van der Waals surface area contributed by atoms with Crippen LogP contribution >= 0.6 is 45.8 Å². The lowest BCUT2D eigenvalue weighted by Gasteiger charge is -2.15. The number of amides is 1. The quantitative estimate of drug-likeness (QED) is 0.620. The third kappa shape index (κ3) is 2.86. The first-order valence-corrected chi connectivity index (χ1v) is 6.89. The second kappa shape index (κ2) is 4.91. The van der Waals surface area contributed by atoms with Crippen LogP contribution in [-0.2, 0) is 0 Å². The molecule has 0 spiro atoms. The summed E-state index contributed by atoms with van der Waals surface area (Å²) in [6, 6.07) is 3.18. The summed E-state index contributed by atoms with van der Waals surface area (Å²) in [5.41, 5.74) is 0.0115. The van der Waals surface area contributed by atoms with Crippen molar-refractivity contribution in [3.05, 3.63) is 31.3 Å². The first-order chi connectivity index (χ1) is 7.97. The predicted octanol–water partition coefficient (Wildman–Crippen LogP) is 2.85. The van der Waals surface area contributed by atoms with E-state index >= 15 is 0 Å². The fourth-order valence-electron chi connectivity index (χ4n) is 1.50. The van der Waals surface area contributed by atoms with Crippen molar-refractivity contribution in [3.63, 3.8) is 0 Å². The highest BCUT2D eigenvalue weighted by Gasteiger charge is 2.43. The number of rotatable bonds is 3. The fraction of sp³-hybridized carbons (Fsp3) is 0.364. The second-order valence-corrected chi connectivity index (χ2v) is 6.06. The highest BCUT2D eigenvalue weighted by atomic mass is 127. The fourth-order valence-corrected chi connectivity index (χ4v) is 2.55. The van der Waals surface area contributed by atoms with Crippen LogP contribution in [0.4, 0.5) is 0 Å². The molecule has 0 aliphatic heterocycles. The Bertz CT molecular complexity index is 475. The van der Waals surface area contributed by atoms with E-state index in [0.29, 0.717) is 19.2 Å². The molecule has 1 saturated carbocycles. The zero-order valence-electron chi connectivity index (χ0n) is 8.77. The van der Waals surface area contributed by atoms with Crippen molar-refractivity contribution in [3.8, 4) is 0 Å². The zero-order chi connectivity index (χ0) is 12.6. The van der Waals surface area contributed by atoms with Crippen LogP contribution in [0.1, 0.15) is 23.2 Å². The van der Waals surface area contributed by atoms with Gasteiger partial charge in [-0.3, -0.25) is 4.79 Å². The van der Waals surface area contributed by atoms with E-state index in [1.807, 2.05) is 22.6 Å². The Morgan fingerprint density at radius 1 is 1.47 bits per heavy atom. The van der Waals surface area contributed by atoms with E-state index in [9.17, 15) is 4.79 Å². The Balaban J connectivity index is 2.25. The van der Waals surface area contributed by atoms with Crippen LogP contribution in [-0.4, -0.2) is 23.2 Å². The van der Waals surface area contributed by atoms with Crippen LogP contribution in [0, 0.1) is 3.57 Å². The molecule has 0 atom stereocenters. The molecule has 6 heteroatoms. The third-order valence-corrected chi connectivity index (χ3v) is 4.77. The van der Waals surface area contributed by atoms with E-state index in [-0.39, 0.29) is 12.5 Å². The van der Waals surface area contributed by atoms with Gasteiger partial charge in [-0.2, -0.15) is 0 Å². The van der Waals surface area contributed by atoms with Gasteiger partial charge in [-0.25, -0.2) is 0 Å². The van der Waals surface area contributed by atoms with Crippen molar-refractivity contribution in [2.75, 3.05) is 6.61 Å². The van der Waals surface area contributed by atoms with Crippen molar-refractivity contribution < 1.29 is 9.90 Å². The predicted molar refractivity (Wildman–Crippen MR) is 75.7 cm³/mol. The molecule has 0 saturated heterocycles. The van der Waals surface area contributed by atoms with Gasteiger partial charge in [0.05, 0.1) is 22.7 Å². The van der Waals surface area contributed by atoms with E-state index in [2.05, 4.69) is 5.32 Å². The Kier molecular flexibility index (Phi) is 3.87. The minimum Gasteiger partial charge on any atom is -0.394 e. The van der Waals surface area contributed by atoms with E-state index < -0.39 is 5.54 Å². The van der Waals surface area contributed by atoms with E-state index in [1.54, 1.807) is 12.1 Å². The third-order valence-electron chi connectivity index (χ3n) is 2.77. The minimum absolute atomic E-state index is 0.0381. The number of carbonyl (C=O) groups excluding carboxylic acids is 1. The first kappa shape index (κ1) is 13.4. The molecule has 3 nitrogen and oxygen atoms in total. The Labute approximate surface area is 123 Å². The lowest BCUT2D eigenvalue weighted by molar-refractivity contribution is 0.0906. The summed E-state index contributed by atoms with van der Waals surface area (Å²) in [6.45, 7) is -0.0381. The van der Waals surface area contributed by atoms with Gasteiger partial charge in [-0.15, -0.1) is 0 Å². The van der Waals surface area contributed by atoms with Gasteiger partial charge in [-0.05, 0) is 47.6 Å². The number of hydrogen-bond donors (Lipinski definition) is 2. The standard InChI is InChI=1S/C11H10Cl2INO2/c12-6-3-7(9(14)8(13)4-6)10(17)15-11(5-16)1-2-11/h3-4,16H,1-2,5H2,(H,15,17). The SMILES string of the molecule is O=C(NC1(CO)CC1)c1cc(Cl)cc(Cl)c1I. The number of aliphatic hydroxyl groups is 1. The van der Waals surface area contributed by atoms with Gasteiger partial charge in [-0.1, -0.05) is 23.2 Å². The van der Waals surface area contributed by atoms with Crippen LogP contribution in [0.25, 0.3) is 0 Å². The van der Waals surface area contributed by atoms with Crippen LogP contribution in [0.2, 0.25) is 10.0 Å². The summed E-state index contributed by atoms with van der Waals surface area (Å²) in [5.74, 6) is -0.245. The molecule has 0 heterocycles. The maximum Gasteiger partial charge on any atom is 0.252 e. The summed E-state index contributed by atoms with van der Waals surface area (Å²) >= 11 is 13.8. The average Bonchev–Trinajstić information content (AvgIpc) is 3.03. The van der Waals surface area contributed by atoms with Gasteiger partial charge in [0.25, 0.3) is 5.91 Å². The van der Waals surface area contributed by atoms with E-state index in [4.69, 9.17) is 28.3 Å². The summed E-state index contributed by atoms with van der Waals surface area (Å²) in [6.07, 6.45) is 1.61. The van der Waals surface area contributed by atoms with Gasteiger partial charge in [0.2, 0.25) is 0 Å². The van der Waals surface area contributed by atoms with Crippen molar-refractivity contribution in [2.45, 2.75) is 18.4 Å². The minimum atomic E-state index is -0.436. The molecule has 1 amide bonds. The Hall–Kier alpha value is -0.0400. The number of carbonyl (C=O) groups is 1. The maximum atomic E-state index is 12.0. The number of hydrogen-bond acceptors (Lipinski definition) is 2. The second-order valence-electron chi connectivity index (χ2n) is 4.14. The molecule has 1 fully saturated rings. The number of halogens is 3. The summed E-state index contributed by atoms with van der Waals surface area (Å²) in [4.78, 5) is 12.0. The van der Waals surface area contributed by atoms with Gasteiger partial charge in [0, 0.05) is 8.59 Å². The molecule has 0 unspecified atom stereocenters. The van der Waals surface area contributed by atoms with Gasteiger partial charge in [0.1, 0.15) is 0 Å². The highest BCUT2D eigenvalue weighted by Crippen LogP contribution is 2.35. The summed E-state index contributed by atoms with van der Waals surface area (Å²) in [7, 11) is 0. The van der Waals surface area contributed by atoms with E-state index in [1.165, 1.54) is 0 Å². The van der Waals surface area contributed by atoms with Crippen molar-refractivity contribution in [1.82, 2.24) is 5.32 Å². The van der Waals surface area contributed by atoms with E-state index in [0.717, 1.165) is 12.8 Å². The number of nitrogens with one attached hydrogen (secondary N) is 1. The molecular weight excluding hydrogens is 376 g/mol. The van der Waals surface area contributed by atoms with Crippen LogP contribution in [0.3, 0.4) is 0 Å². The molecule has 1 aliphatic carbocycles. The molecule has 1 aromatic carbocycles. The molecular formula is C11H10Cl2INO2. The van der Waals surface area contributed by atoms with Gasteiger partial charge in [0.15, 0.2) is 0 Å². The van der Waals surface area contributed by atoms with Gasteiger partial charge < -0.3 is 10.4 Å². The number of aliphatic hydroxyl groups excluding tert-OH is 1. The first-order valence-electron chi connectivity index (χ1n) is 5.05. The lowest BCUT2D eigenvalue weighted by Crippen LogP contribution is -2.39. The van der Waals surface area contributed by atoms with Crippen molar-refractivity contribution >= 4 is 51.7 Å². The molecule has 0 radical (unpaired) electrons. The maximum absolute atomic E-state index is 12.0. The largest absolute Gasteiger partial charge is 0.394 e. The topological polar surface area (TPSA) is 49.3 Å². The highest BCUT2D eigenvalue weighted by molar-refractivity contribution is 14.1. The van der Waals surface area contributed by atoms with Crippen molar-refractivity contribution in [1.29, 1.82) is 0 Å². The van der Waals surface area contributed by atoms with Gasteiger partial charge >= 0.3 is 0 Å². The molecule has 1 aromatic rings. The summed E-state index contributed by atoms with van der Waals surface area (Å²) < 4.78 is 0.667. The molecule has 0 aromatic heterocycles. The van der Waals surface area contributed by atoms with Crippen molar-refractivity contribution in [2.24, 2.45) is 0 Å². The Morgan fingerprint density at radius 2 is 2.12 bits per heavy atom. The monoisotopic (exact) mass is 385 g/mol. The van der Waals surface area contributed by atoms with Crippen LogP contribution < -0.4 is 5.32 Å². The smallest absolute Gasteiger partial charge is 0.252 e. The Morgan fingerprint density at radius 3 is 2.65 bits per heavy atom.